The molecule has 2 heterocycles. The van der Waals surface area contributed by atoms with Crippen LogP contribution in [0.4, 0.5) is 23.7 Å². The Morgan fingerprint density at radius 2 is 1.75 bits per heavy atom. The van der Waals surface area contributed by atoms with Gasteiger partial charge < -0.3 is 15.0 Å². The molecule has 8 nitrogen and oxygen atoms in total. The first-order valence-electron chi connectivity index (χ1n) is 10.5. The second-order valence-electron chi connectivity index (χ2n) is 7.75. The van der Waals surface area contributed by atoms with Crippen LogP contribution in [0.25, 0.3) is 0 Å². The molecule has 0 radical (unpaired) electrons. The fourth-order valence-electron chi connectivity index (χ4n) is 3.58. The number of pyridine rings is 1. The van der Waals surface area contributed by atoms with Gasteiger partial charge in [-0.05, 0) is 53.6 Å². The van der Waals surface area contributed by atoms with Crippen molar-refractivity contribution in [1.82, 2.24) is 15.2 Å². The monoisotopic (exact) mass is 518 g/mol. The van der Waals surface area contributed by atoms with Gasteiger partial charge in [0.15, 0.2) is 0 Å². The van der Waals surface area contributed by atoms with E-state index in [0.29, 0.717) is 10.6 Å². The van der Waals surface area contributed by atoms with Crippen molar-refractivity contribution in [2.24, 2.45) is 0 Å². The lowest BCUT2D eigenvalue weighted by molar-refractivity contribution is -0.274. The number of hydrogen-bond acceptors (Lipinski definition) is 5. The molecule has 1 aliphatic heterocycles. The number of hydrogen-bond donors (Lipinski definition) is 1. The largest absolute Gasteiger partial charge is 0.573 e. The standard InChI is InChI=1S/C24H18ClF3N4O4/c25-17-3-1-15(2-4-17)11-30-22(34)20-12-29-10-9-16(20)13-31-14-21(33)32(23(31)35)18-5-7-19(8-6-18)36-24(26,27)28/h1-10,12H,11,13-14H2,(H,30,34). The summed E-state index contributed by atoms with van der Waals surface area (Å²) in [6.07, 6.45) is -2.03. The molecule has 36 heavy (non-hydrogen) atoms. The fourth-order valence-corrected chi connectivity index (χ4v) is 3.70. The van der Waals surface area contributed by atoms with Crippen molar-refractivity contribution in [3.63, 3.8) is 0 Å². The molecule has 2 aromatic carbocycles. The smallest absolute Gasteiger partial charge is 0.406 e. The zero-order valence-electron chi connectivity index (χ0n) is 18.5. The molecule has 1 N–H and O–H groups in total. The number of aromatic nitrogens is 1. The lowest BCUT2D eigenvalue weighted by atomic mass is 10.1. The highest BCUT2D eigenvalue weighted by atomic mass is 35.5. The number of carbonyl (C=O) groups excluding carboxylic acids is 3. The van der Waals surface area contributed by atoms with Gasteiger partial charge in [-0.1, -0.05) is 23.7 Å². The zero-order chi connectivity index (χ0) is 25.9. The van der Waals surface area contributed by atoms with Crippen molar-refractivity contribution >= 4 is 35.1 Å². The van der Waals surface area contributed by atoms with Crippen molar-refractivity contribution in [3.05, 3.63) is 88.7 Å². The number of nitrogens with zero attached hydrogens (tertiary/aromatic N) is 3. The van der Waals surface area contributed by atoms with Gasteiger partial charge in [-0.15, -0.1) is 13.2 Å². The third-order valence-electron chi connectivity index (χ3n) is 5.25. The molecule has 4 rings (SSSR count). The van der Waals surface area contributed by atoms with E-state index in [0.717, 1.165) is 22.6 Å². The Balaban J connectivity index is 1.44. The average molecular weight is 519 g/mol. The van der Waals surface area contributed by atoms with E-state index < -0.39 is 30.0 Å². The average Bonchev–Trinajstić information content (AvgIpc) is 3.11. The Labute approximate surface area is 208 Å². The SMILES string of the molecule is O=C(NCc1ccc(Cl)cc1)c1cnccc1CN1CC(=O)N(c2ccc(OC(F)(F)F)cc2)C1=O. The van der Waals surface area contributed by atoms with Crippen LogP contribution in [0.5, 0.6) is 5.75 Å². The summed E-state index contributed by atoms with van der Waals surface area (Å²) in [5.41, 5.74) is 1.63. The van der Waals surface area contributed by atoms with Gasteiger partial charge in [0.2, 0.25) is 0 Å². The highest BCUT2D eigenvalue weighted by Crippen LogP contribution is 2.28. The number of halogens is 4. The van der Waals surface area contributed by atoms with Crippen LogP contribution in [0.2, 0.25) is 5.02 Å². The predicted octanol–water partition coefficient (Wildman–Crippen LogP) is 4.53. The number of nitrogens with one attached hydrogen (secondary N) is 1. The number of amides is 4. The molecule has 186 valence electrons. The van der Waals surface area contributed by atoms with Crippen LogP contribution in [-0.4, -0.2) is 40.6 Å². The third kappa shape index (κ3) is 5.92. The second kappa shape index (κ2) is 10.2. The quantitative estimate of drug-likeness (QED) is 0.464. The number of alkyl halides is 3. The number of urea groups is 1. The lowest BCUT2D eigenvalue weighted by Crippen LogP contribution is -2.33. The summed E-state index contributed by atoms with van der Waals surface area (Å²) in [4.78, 5) is 44.4. The van der Waals surface area contributed by atoms with E-state index in [1.165, 1.54) is 29.4 Å². The van der Waals surface area contributed by atoms with Crippen molar-refractivity contribution in [1.29, 1.82) is 0 Å². The first-order chi connectivity index (χ1) is 17.1. The number of anilines is 1. The van der Waals surface area contributed by atoms with Gasteiger partial charge >= 0.3 is 12.4 Å². The molecule has 0 spiro atoms. The minimum absolute atomic E-state index is 0.0530. The zero-order valence-corrected chi connectivity index (χ0v) is 19.2. The Kier molecular flexibility index (Phi) is 7.11. The molecule has 1 aromatic heterocycles. The van der Waals surface area contributed by atoms with Crippen molar-refractivity contribution < 1.29 is 32.3 Å². The molecule has 3 aromatic rings. The van der Waals surface area contributed by atoms with Crippen LogP contribution >= 0.6 is 11.6 Å². The molecule has 0 aliphatic carbocycles. The molecule has 0 unspecified atom stereocenters. The van der Waals surface area contributed by atoms with Gasteiger partial charge in [0, 0.05) is 30.5 Å². The summed E-state index contributed by atoms with van der Waals surface area (Å²) in [7, 11) is 0. The molecule has 1 fully saturated rings. The highest BCUT2D eigenvalue weighted by molar-refractivity contribution is 6.30. The van der Waals surface area contributed by atoms with E-state index in [2.05, 4.69) is 15.0 Å². The third-order valence-corrected chi connectivity index (χ3v) is 5.50. The predicted molar refractivity (Wildman–Crippen MR) is 123 cm³/mol. The molecular formula is C24H18ClF3N4O4. The van der Waals surface area contributed by atoms with Gasteiger partial charge in [-0.3, -0.25) is 14.6 Å². The van der Waals surface area contributed by atoms with E-state index in [9.17, 15) is 27.6 Å². The number of imide groups is 1. The minimum atomic E-state index is -4.86. The van der Waals surface area contributed by atoms with Crippen molar-refractivity contribution in [3.8, 4) is 5.75 Å². The molecule has 1 aliphatic rings. The highest BCUT2D eigenvalue weighted by Gasteiger charge is 2.38. The summed E-state index contributed by atoms with van der Waals surface area (Å²) in [6, 6.07) is 12.2. The van der Waals surface area contributed by atoms with Crippen LogP contribution in [-0.2, 0) is 17.9 Å². The van der Waals surface area contributed by atoms with Crippen LogP contribution in [0.3, 0.4) is 0 Å². The van der Waals surface area contributed by atoms with Crippen LogP contribution in [0.1, 0.15) is 21.5 Å². The lowest BCUT2D eigenvalue weighted by Gasteiger charge is -2.19. The molecule has 12 heteroatoms. The summed E-state index contributed by atoms with van der Waals surface area (Å²) < 4.78 is 40.9. The number of carbonyl (C=O) groups is 3. The van der Waals surface area contributed by atoms with Gasteiger partial charge in [0.25, 0.3) is 11.8 Å². The van der Waals surface area contributed by atoms with E-state index in [4.69, 9.17) is 11.6 Å². The first-order valence-corrected chi connectivity index (χ1v) is 10.9. The minimum Gasteiger partial charge on any atom is -0.406 e. The van der Waals surface area contributed by atoms with Crippen LogP contribution < -0.4 is 15.0 Å². The summed E-state index contributed by atoms with van der Waals surface area (Å²) >= 11 is 5.87. The molecule has 0 atom stereocenters. The van der Waals surface area contributed by atoms with Gasteiger partial charge in [-0.25, -0.2) is 9.69 Å². The molecular weight excluding hydrogens is 501 g/mol. The Morgan fingerprint density at radius 3 is 2.42 bits per heavy atom. The maximum absolute atomic E-state index is 12.9. The van der Waals surface area contributed by atoms with Crippen molar-refractivity contribution in [2.75, 3.05) is 11.4 Å². The topological polar surface area (TPSA) is 91.8 Å². The van der Waals surface area contributed by atoms with Gasteiger partial charge in [0.1, 0.15) is 12.3 Å². The Morgan fingerprint density at radius 1 is 1.06 bits per heavy atom. The molecule has 1 saturated heterocycles. The van der Waals surface area contributed by atoms with Crippen LogP contribution in [0, 0.1) is 0 Å². The van der Waals surface area contributed by atoms with E-state index in [1.807, 2.05) is 0 Å². The first kappa shape index (κ1) is 25.0. The molecule has 0 bridgehead atoms. The van der Waals surface area contributed by atoms with Crippen LogP contribution in [0.15, 0.2) is 67.0 Å². The van der Waals surface area contributed by atoms with E-state index in [-0.39, 0.29) is 30.9 Å². The number of ether oxygens (including phenoxy) is 1. The van der Waals surface area contributed by atoms with Gasteiger partial charge in [-0.2, -0.15) is 0 Å². The maximum atomic E-state index is 12.9. The number of benzene rings is 2. The summed E-state index contributed by atoms with van der Waals surface area (Å²) in [6.45, 7) is -0.0797. The van der Waals surface area contributed by atoms with Gasteiger partial charge in [0.05, 0.1) is 11.3 Å². The number of rotatable bonds is 7. The molecule has 0 saturated carbocycles. The summed E-state index contributed by atoms with van der Waals surface area (Å²) in [5.74, 6) is -1.45. The van der Waals surface area contributed by atoms with E-state index in [1.54, 1.807) is 30.3 Å². The Bertz CT molecular complexity index is 1280. The Hall–Kier alpha value is -4.12. The molecule has 4 amide bonds. The second-order valence-corrected chi connectivity index (χ2v) is 8.19. The fraction of sp³-hybridized carbons (Fsp3) is 0.167. The van der Waals surface area contributed by atoms with Crippen molar-refractivity contribution in [2.45, 2.75) is 19.5 Å². The van der Waals surface area contributed by atoms with E-state index >= 15 is 0 Å². The maximum Gasteiger partial charge on any atom is 0.573 e. The normalized spacial score (nSPS) is 13.8. The summed E-state index contributed by atoms with van der Waals surface area (Å²) in [5, 5.41) is 3.35.